The van der Waals surface area contributed by atoms with E-state index in [4.69, 9.17) is 14.5 Å². The number of carbonyl (C=O) groups excluding carboxylic acids is 1. The molecule has 4 heteroatoms. The summed E-state index contributed by atoms with van der Waals surface area (Å²) in [5, 5.41) is 0. The van der Waals surface area contributed by atoms with E-state index in [1.165, 1.54) is 0 Å². The van der Waals surface area contributed by atoms with E-state index in [1.54, 1.807) is 18.2 Å². The first-order valence-electron chi connectivity index (χ1n) is 10.5. The maximum absolute atomic E-state index is 12.4. The number of carbonyl (C=O) groups is 1. The average molecular weight is 405 g/mol. The van der Waals surface area contributed by atoms with Gasteiger partial charge in [-0.15, -0.1) is 0 Å². The molecule has 2 aromatic carbocycles. The molecule has 1 atom stereocenters. The Morgan fingerprint density at radius 2 is 1.57 bits per heavy atom. The monoisotopic (exact) mass is 404 g/mol. The number of rotatable bonds is 8. The molecule has 156 valence electrons. The quantitative estimate of drug-likeness (QED) is 0.308. The molecule has 1 spiro atoms. The molecule has 0 aromatic heterocycles. The predicted molar refractivity (Wildman–Crippen MR) is 117 cm³/mol. The average Bonchev–Trinajstić information content (AvgIpc) is 3.47. The van der Waals surface area contributed by atoms with E-state index in [1.807, 2.05) is 42.5 Å². The highest BCUT2D eigenvalue weighted by Gasteiger charge is 2.57. The van der Waals surface area contributed by atoms with Crippen molar-refractivity contribution in [3.8, 4) is 0 Å². The molecule has 0 bridgehead atoms. The van der Waals surface area contributed by atoms with Crippen LogP contribution >= 0.6 is 0 Å². The van der Waals surface area contributed by atoms with E-state index in [9.17, 15) is 4.79 Å². The molecular weight excluding hydrogens is 376 g/mol. The molecule has 0 heterocycles. The molecule has 0 saturated heterocycles. The third kappa shape index (κ3) is 4.72. The predicted octanol–water partition coefficient (Wildman–Crippen LogP) is 5.98. The minimum atomic E-state index is -0.249. The lowest BCUT2D eigenvalue weighted by atomic mass is 9.84. The van der Waals surface area contributed by atoms with Crippen molar-refractivity contribution < 1.29 is 19.3 Å². The summed E-state index contributed by atoms with van der Waals surface area (Å²) in [6, 6.07) is 15.4. The van der Waals surface area contributed by atoms with Crippen molar-refractivity contribution in [1.82, 2.24) is 0 Å². The molecule has 1 unspecified atom stereocenters. The molecule has 2 aliphatic rings. The lowest BCUT2D eigenvalue weighted by Crippen LogP contribution is -2.27. The Morgan fingerprint density at radius 3 is 2.17 bits per heavy atom. The first-order chi connectivity index (χ1) is 14.6. The van der Waals surface area contributed by atoms with E-state index >= 15 is 0 Å². The number of benzene rings is 2. The highest BCUT2D eigenvalue weighted by Crippen LogP contribution is 2.58. The molecule has 0 amide bonds. The van der Waals surface area contributed by atoms with Crippen molar-refractivity contribution in [3.05, 3.63) is 83.9 Å². The van der Waals surface area contributed by atoms with Crippen LogP contribution in [0.25, 0.3) is 12.2 Å². The van der Waals surface area contributed by atoms with Gasteiger partial charge in [0.1, 0.15) is 12.7 Å². The lowest BCUT2D eigenvalue weighted by molar-refractivity contribution is -0.319. The van der Waals surface area contributed by atoms with Crippen LogP contribution in [0.1, 0.15) is 59.2 Å². The van der Waals surface area contributed by atoms with Gasteiger partial charge in [0.2, 0.25) is 0 Å². The third-order valence-electron chi connectivity index (χ3n) is 6.32. The largest absolute Gasteiger partial charge is 0.459 e. The van der Waals surface area contributed by atoms with Crippen molar-refractivity contribution in [3.63, 3.8) is 0 Å². The highest BCUT2D eigenvalue weighted by molar-refractivity contribution is 5.89. The normalized spacial score (nSPS) is 24.9. The fourth-order valence-corrected chi connectivity index (χ4v) is 4.17. The topological polar surface area (TPSA) is 44.8 Å². The van der Waals surface area contributed by atoms with Gasteiger partial charge in [-0.05, 0) is 60.9 Å². The zero-order valence-corrected chi connectivity index (χ0v) is 17.2. The summed E-state index contributed by atoms with van der Waals surface area (Å²) in [4.78, 5) is 23.5. The van der Waals surface area contributed by atoms with Gasteiger partial charge in [0.15, 0.2) is 0 Å². The van der Waals surface area contributed by atoms with Crippen LogP contribution in [0.3, 0.4) is 0 Å². The van der Waals surface area contributed by atoms with Gasteiger partial charge in [-0.25, -0.2) is 14.6 Å². The minimum absolute atomic E-state index is 0.0206. The summed E-state index contributed by atoms with van der Waals surface area (Å²) >= 11 is 0. The molecule has 2 fully saturated rings. The maximum atomic E-state index is 12.4. The van der Waals surface area contributed by atoms with Crippen LogP contribution in [0.5, 0.6) is 0 Å². The van der Waals surface area contributed by atoms with Crippen LogP contribution in [0.4, 0.5) is 0 Å². The van der Waals surface area contributed by atoms with Gasteiger partial charge in [0.25, 0.3) is 0 Å². The summed E-state index contributed by atoms with van der Waals surface area (Å²) in [5.74, 6) is -0.249. The fourth-order valence-electron chi connectivity index (χ4n) is 4.17. The molecule has 0 N–H and O–H groups in total. The van der Waals surface area contributed by atoms with E-state index in [2.05, 4.69) is 13.2 Å². The first kappa shape index (κ1) is 20.6. The standard InChI is InChI=1S/C26H28O4/c1-3-19-5-7-21(8-6-19)18-28-30-24-17-26(24)15-13-23(14-16-26)29-25(27)22-11-9-20(4-2)10-12-22/h3-12,23-24H,1-2,13-18H2. The van der Waals surface area contributed by atoms with Crippen molar-refractivity contribution in [2.24, 2.45) is 5.41 Å². The fraction of sp³-hybridized carbons (Fsp3) is 0.346. The summed E-state index contributed by atoms with van der Waals surface area (Å²) in [7, 11) is 0. The number of hydrogen-bond acceptors (Lipinski definition) is 4. The second kappa shape index (κ2) is 8.99. The molecular formula is C26H28O4. The first-order valence-corrected chi connectivity index (χ1v) is 10.5. The highest BCUT2D eigenvalue weighted by atomic mass is 17.2. The van der Waals surface area contributed by atoms with E-state index in [0.29, 0.717) is 12.2 Å². The molecule has 0 aliphatic heterocycles. The van der Waals surface area contributed by atoms with Crippen LogP contribution < -0.4 is 0 Å². The minimum Gasteiger partial charge on any atom is -0.459 e. The molecule has 0 radical (unpaired) electrons. The second-order valence-corrected chi connectivity index (χ2v) is 8.29. The smallest absolute Gasteiger partial charge is 0.338 e. The van der Waals surface area contributed by atoms with Crippen molar-refractivity contribution in [2.75, 3.05) is 0 Å². The number of esters is 1. The molecule has 2 saturated carbocycles. The Bertz CT molecular complexity index is 890. The summed E-state index contributed by atoms with van der Waals surface area (Å²) in [5.41, 5.74) is 3.94. The van der Waals surface area contributed by atoms with Gasteiger partial charge < -0.3 is 4.74 Å². The van der Waals surface area contributed by atoms with Crippen molar-refractivity contribution in [2.45, 2.75) is 50.9 Å². The Balaban J connectivity index is 1.18. The van der Waals surface area contributed by atoms with Crippen LogP contribution in [-0.2, 0) is 21.1 Å². The van der Waals surface area contributed by atoms with Crippen molar-refractivity contribution >= 4 is 18.1 Å². The third-order valence-corrected chi connectivity index (χ3v) is 6.32. The molecule has 2 aromatic rings. The van der Waals surface area contributed by atoms with Crippen LogP contribution in [0, 0.1) is 5.41 Å². The van der Waals surface area contributed by atoms with E-state index in [-0.39, 0.29) is 23.6 Å². The summed E-state index contributed by atoms with van der Waals surface area (Å²) < 4.78 is 5.72. The molecule has 30 heavy (non-hydrogen) atoms. The van der Waals surface area contributed by atoms with Gasteiger partial charge in [-0.1, -0.05) is 61.7 Å². The summed E-state index contributed by atoms with van der Waals surface area (Å²) in [6.07, 6.45) is 8.48. The summed E-state index contributed by atoms with van der Waals surface area (Å²) in [6.45, 7) is 7.92. The van der Waals surface area contributed by atoms with E-state index in [0.717, 1.165) is 48.8 Å². The lowest BCUT2D eigenvalue weighted by Gasteiger charge is -2.28. The Kier molecular flexibility index (Phi) is 6.16. The molecule has 2 aliphatic carbocycles. The van der Waals surface area contributed by atoms with Crippen LogP contribution in [0.15, 0.2) is 61.7 Å². The maximum Gasteiger partial charge on any atom is 0.338 e. The van der Waals surface area contributed by atoms with Gasteiger partial charge >= 0.3 is 5.97 Å². The van der Waals surface area contributed by atoms with Gasteiger partial charge in [0.05, 0.1) is 11.7 Å². The van der Waals surface area contributed by atoms with Gasteiger partial charge in [-0.2, -0.15) is 0 Å². The SMILES string of the molecule is C=Cc1ccc(COOC2CC23CCC(OC(=O)c2ccc(C=C)cc2)CC3)cc1. The zero-order valence-electron chi connectivity index (χ0n) is 17.2. The Labute approximate surface area is 178 Å². The molecule has 4 nitrogen and oxygen atoms in total. The Hall–Kier alpha value is -2.69. The second-order valence-electron chi connectivity index (χ2n) is 8.29. The Morgan fingerprint density at radius 1 is 0.967 bits per heavy atom. The zero-order chi connectivity index (χ0) is 21.0. The van der Waals surface area contributed by atoms with Crippen LogP contribution in [0.2, 0.25) is 0 Å². The number of ether oxygens (including phenoxy) is 1. The van der Waals surface area contributed by atoms with E-state index < -0.39 is 0 Å². The van der Waals surface area contributed by atoms with Crippen LogP contribution in [-0.4, -0.2) is 18.2 Å². The number of hydrogen-bond donors (Lipinski definition) is 0. The molecule has 4 rings (SSSR count). The van der Waals surface area contributed by atoms with Gasteiger partial charge in [0, 0.05) is 5.41 Å². The van der Waals surface area contributed by atoms with Gasteiger partial charge in [-0.3, -0.25) is 0 Å². The van der Waals surface area contributed by atoms with Crippen molar-refractivity contribution in [1.29, 1.82) is 0 Å².